The Morgan fingerprint density at radius 2 is 1.64 bits per heavy atom. The lowest BCUT2D eigenvalue weighted by molar-refractivity contribution is 0.0527. The van der Waals surface area contributed by atoms with Crippen molar-refractivity contribution < 1.29 is 9.53 Å². The number of benzene rings is 3. The lowest BCUT2D eigenvalue weighted by Gasteiger charge is -2.14. The van der Waals surface area contributed by atoms with Gasteiger partial charge in [-0.2, -0.15) is 0 Å². The molecule has 0 aliphatic rings. The van der Waals surface area contributed by atoms with E-state index in [1.54, 1.807) is 13.0 Å². The maximum absolute atomic E-state index is 12.3. The number of carbonyl (C=O) groups excluding carboxylic acids is 1. The Bertz CT molecular complexity index is 1120. The first-order valence-corrected chi connectivity index (χ1v) is 9.24. The topological polar surface area (TPSA) is 51.2 Å². The molecule has 4 heteroatoms. The zero-order valence-corrected chi connectivity index (χ0v) is 15.6. The zero-order chi connectivity index (χ0) is 19.3. The van der Waals surface area contributed by atoms with Gasteiger partial charge < -0.3 is 10.1 Å². The van der Waals surface area contributed by atoms with Crippen molar-refractivity contribution in [3.8, 4) is 11.3 Å². The second kappa shape index (κ2) is 7.92. The van der Waals surface area contributed by atoms with E-state index in [2.05, 4.69) is 17.4 Å². The van der Waals surface area contributed by atoms with Crippen LogP contribution in [0.3, 0.4) is 0 Å². The summed E-state index contributed by atoms with van der Waals surface area (Å²) in [5, 5.41) is 5.42. The van der Waals surface area contributed by atoms with Crippen LogP contribution in [-0.4, -0.2) is 17.6 Å². The summed E-state index contributed by atoms with van der Waals surface area (Å²) >= 11 is 0. The van der Waals surface area contributed by atoms with Crippen LogP contribution in [-0.2, 0) is 4.74 Å². The van der Waals surface area contributed by atoms with E-state index >= 15 is 0 Å². The van der Waals surface area contributed by atoms with Crippen molar-refractivity contribution in [3.05, 3.63) is 90.5 Å². The molecule has 3 aromatic carbocycles. The van der Waals surface area contributed by atoms with Crippen molar-refractivity contribution >= 4 is 28.2 Å². The standard InChI is InChI=1S/C24H20N2O2/c1-2-28-24(27)20-14-8-9-15-21(20)25-23-19-13-7-6-12-18(19)16-22(26-23)17-10-4-3-5-11-17/h3-16H,2H2,1H3,(H,25,26). The van der Waals surface area contributed by atoms with E-state index < -0.39 is 0 Å². The molecule has 4 nitrogen and oxygen atoms in total. The monoisotopic (exact) mass is 368 g/mol. The van der Waals surface area contributed by atoms with E-state index in [4.69, 9.17) is 9.72 Å². The molecule has 0 fully saturated rings. The summed E-state index contributed by atoms with van der Waals surface area (Å²) in [5.41, 5.74) is 3.06. The molecule has 28 heavy (non-hydrogen) atoms. The minimum Gasteiger partial charge on any atom is -0.462 e. The summed E-state index contributed by atoms with van der Waals surface area (Å²) in [7, 11) is 0. The molecule has 0 spiro atoms. The number of anilines is 2. The Labute approximate surface area is 163 Å². The molecule has 4 rings (SSSR count). The van der Waals surface area contributed by atoms with Crippen molar-refractivity contribution in [3.63, 3.8) is 0 Å². The molecule has 0 saturated heterocycles. The summed E-state index contributed by atoms with van der Waals surface area (Å²) in [5.74, 6) is 0.350. The molecule has 0 aliphatic carbocycles. The van der Waals surface area contributed by atoms with Gasteiger partial charge in [0.05, 0.1) is 23.6 Å². The molecule has 0 bridgehead atoms. The average Bonchev–Trinajstić information content (AvgIpc) is 2.75. The minimum absolute atomic E-state index is 0.331. The number of esters is 1. The summed E-state index contributed by atoms with van der Waals surface area (Å²) in [4.78, 5) is 17.2. The quantitative estimate of drug-likeness (QED) is 0.451. The Morgan fingerprint density at radius 3 is 2.46 bits per heavy atom. The molecule has 4 aromatic rings. The Balaban J connectivity index is 1.82. The molecule has 0 atom stereocenters. The van der Waals surface area contributed by atoms with E-state index in [1.165, 1.54) is 0 Å². The van der Waals surface area contributed by atoms with E-state index in [1.807, 2.05) is 66.7 Å². The van der Waals surface area contributed by atoms with Gasteiger partial charge in [0, 0.05) is 10.9 Å². The molecule has 0 amide bonds. The summed E-state index contributed by atoms with van der Waals surface area (Å²) in [6.07, 6.45) is 0. The van der Waals surface area contributed by atoms with E-state index in [-0.39, 0.29) is 5.97 Å². The Kier molecular flexibility index (Phi) is 5.02. The van der Waals surface area contributed by atoms with Crippen LogP contribution in [0.2, 0.25) is 0 Å². The number of para-hydroxylation sites is 1. The second-order valence-electron chi connectivity index (χ2n) is 6.33. The highest BCUT2D eigenvalue weighted by Gasteiger charge is 2.14. The SMILES string of the molecule is CCOC(=O)c1ccccc1Nc1nc(-c2ccccc2)cc2ccccc12. The van der Waals surface area contributed by atoms with Gasteiger partial charge in [0.1, 0.15) is 5.82 Å². The highest BCUT2D eigenvalue weighted by Crippen LogP contribution is 2.30. The number of pyridine rings is 1. The number of nitrogens with one attached hydrogen (secondary N) is 1. The fraction of sp³-hybridized carbons (Fsp3) is 0.0833. The minimum atomic E-state index is -0.353. The summed E-state index contributed by atoms with van der Waals surface area (Å²) in [6.45, 7) is 2.13. The maximum atomic E-state index is 12.3. The molecular weight excluding hydrogens is 348 g/mol. The third-order valence-corrected chi connectivity index (χ3v) is 4.49. The molecule has 0 aliphatic heterocycles. The van der Waals surface area contributed by atoms with Crippen molar-refractivity contribution in [2.75, 3.05) is 11.9 Å². The Hall–Kier alpha value is -3.66. The lowest BCUT2D eigenvalue weighted by atomic mass is 10.1. The predicted molar refractivity (Wildman–Crippen MR) is 113 cm³/mol. The smallest absolute Gasteiger partial charge is 0.340 e. The molecule has 0 radical (unpaired) electrons. The van der Waals surface area contributed by atoms with Gasteiger partial charge >= 0.3 is 5.97 Å². The van der Waals surface area contributed by atoms with Crippen LogP contribution in [0.1, 0.15) is 17.3 Å². The fourth-order valence-electron chi connectivity index (χ4n) is 3.16. The number of ether oxygens (including phenoxy) is 1. The molecule has 1 heterocycles. The van der Waals surface area contributed by atoms with Crippen LogP contribution in [0.25, 0.3) is 22.0 Å². The average molecular weight is 368 g/mol. The van der Waals surface area contributed by atoms with Gasteiger partial charge in [0.15, 0.2) is 0 Å². The molecule has 138 valence electrons. The number of fused-ring (bicyclic) bond motifs is 1. The second-order valence-corrected chi connectivity index (χ2v) is 6.33. The van der Waals surface area contributed by atoms with Gasteiger partial charge in [-0.1, -0.05) is 66.7 Å². The fourth-order valence-corrected chi connectivity index (χ4v) is 3.16. The van der Waals surface area contributed by atoms with Gasteiger partial charge in [0.2, 0.25) is 0 Å². The van der Waals surface area contributed by atoms with Gasteiger partial charge in [-0.05, 0) is 30.5 Å². The third kappa shape index (κ3) is 3.58. The van der Waals surface area contributed by atoms with Gasteiger partial charge in [-0.15, -0.1) is 0 Å². The van der Waals surface area contributed by atoms with Crippen LogP contribution in [0.4, 0.5) is 11.5 Å². The largest absolute Gasteiger partial charge is 0.462 e. The maximum Gasteiger partial charge on any atom is 0.340 e. The first-order chi connectivity index (χ1) is 13.8. The van der Waals surface area contributed by atoms with Crippen molar-refractivity contribution in [2.24, 2.45) is 0 Å². The van der Waals surface area contributed by atoms with Gasteiger partial charge in [0.25, 0.3) is 0 Å². The Morgan fingerprint density at radius 1 is 0.929 bits per heavy atom. The first kappa shape index (κ1) is 17.7. The number of hydrogen-bond acceptors (Lipinski definition) is 4. The van der Waals surface area contributed by atoms with Crippen molar-refractivity contribution in [1.29, 1.82) is 0 Å². The third-order valence-electron chi connectivity index (χ3n) is 4.49. The van der Waals surface area contributed by atoms with Crippen LogP contribution in [0, 0.1) is 0 Å². The number of carbonyl (C=O) groups is 1. The highest BCUT2D eigenvalue weighted by atomic mass is 16.5. The number of hydrogen-bond donors (Lipinski definition) is 1. The van der Waals surface area contributed by atoms with Crippen molar-refractivity contribution in [1.82, 2.24) is 4.98 Å². The first-order valence-electron chi connectivity index (χ1n) is 9.24. The number of aromatic nitrogens is 1. The van der Waals surface area contributed by atoms with Crippen LogP contribution in [0.5, 0.6) is 0 Å². The lowest BCUT2D eigenvalue weighted by Crippen LogP contribution is -2.08. The van der Waals surface area contributed by atoms with Gasteiger partial charge in [-0.3, -0.25) is 0 Å². The summed E-state index contributed by atoms with van der Waals surface area (Å²) in [6, 6.07) is 27.5. The molecule has 1 aromatic heterocycles. The van der Waals surface area contributed by atoms with Gasteiger partial charge in [-0.25, -0.2) is 9.78 Å². The summed E-state index contributed by atoms with van der Waals surface area (Å²) < 4.78 is 5.19. The molecular formula is C24H20N2O2. The normalized spacial score (nSPS) is 10.6. The molecule has 0 unspecified atom stereocenters. The predicted octanol–water partition coefficient (Wildman–Crippen LogP) is 5.82. The van der Waals surface area contributed by atoms with E-state index in [0.717, 1.165) is 22.0 Å². The number of rotatable bonds is 5. The van der Waals surface area contributed by atoms with Crippen LogP contribution < -0.4 is 5.32 Å². The van der Waals surface area contributed by atoms with Crippen LogP contribution in [0.15, 0.2) is 84.9 Å². The zero-order valence-electron chi connectivity index (χ0n) is 15.6. The van der Waals surface area contributed by atoms with E-state index in [0.29, 0.717) is 23.7 Å². The van der Waals surface area contributed by atoms with Crippen molar-refractivity contribution in [2.45, 2.75) is 6.92 Å². The highest BCUT2D eigenvalue weighted by molar-refractivity contribution is 6.00. The van der Waals surface area contributed by atoms with E-state index in [9.17, 15) is 4.79 Å². The molecule has 1 N–H and O–H groups in total. The van der Waals surface area contributed by atoms with Crippen LogP contribution >= 0.6 is 0 Å². The molecule has 0 saturated carbocycles. The number of nitrogens with zero attached hydrogens (tertiary/aromatic N) is 1.